The Kier molecular flexibility index (Phi) is 3.80. The van der Waals surface area contributed by atoms with Gasteiger partial charge in [0.15, 0.2) is 0 Å². The van der Waals surface area contributed by atoms with Crippen LogP contribution in [0.1, 0.15) is 19.5 Å². The fourth-order valence-corrected chi connectivity index (χ4v) is 2.68. The van der Waals surface area contributed by atoms with Crippen LogP contribution in [0, 0.1) is 0 Å². The molecule has 2 aromatic heterocycles. The Bertz CT molecular complexity index is 902. The highest BCUT2D eigenvalue weighted by atomic mass is 16.1. The Morgan fingerprint density at radius 1 is 1.14 bits per heavy atom. The number of aryl methyl sites for hydroxylation is 2. The van der Waals surface area contributed by atoms with E-state index in [4.69, 9.17) is 0 Å². The first-order chi connectivity index (χ1) is 10.6. The summed E-state index contributed by atoms with van der Waals surface area (Å²) in [5.74, 6) is 0. The fraction of sp³-hybridized carbons (Fsp3) is 0.235. The molecule has 2 heterocycles. The second-order valence-electron chi connectivity index (χ2n) is 5.38. The molecule has 0 saturated heterocycles. The van der Waals surface area contributed by atoms with Crippen molar-refractivity contribution in [1.82, 2.24) is 14.5 Å². The summed E-state index contributed by atoms with van der Waals surface area (Å²) in [5, 5.41) is 0.921. The van der Waals surface area contributed by atoms with Crippen LogP contribution in [0.4, 0.5) is 0 Å². The summed E-state index contributed by atoms with van der Waals surface area (Å²) in [6.07, 6.45) is 0.843. The molecule has 0 atom stereocenters. The van der Waals surface area contributed by atoms with Gasteiger partial charge in [0, 0.05) is 23.2 Å². The van der Waals surface area contributed by atoms with Crippen LogP contribution in [0.5, 0.6) is 0 Å². The van der Waals surface area contributed by atoms with Gasteiger partial charge in [-0.05, 0) is 25.5 Å². The van der Waals surface area contributed by atoms with E-state index in [2.05, 4.69) is 16.9 Å². The number of fused-ring (bicyclic) bond motifs is 1. The molecule has 22 heavy (non-hydrogen) atoms. The van der Waals surface area contributed by atoms with Crippen molar-refractivity contribution in [3.05, 3.63) is 52.6 Å². The van der Waals surface area contributed by atoms with Crippen LogP contribution in [-0.4, -0.2) is 22.4 Å². The van der Waals surface area contributed by atoms with Gasteiger partial charge in [-0.25, -0.2) is 9.78 Å². The summed E-state index contributed by atoms with van der Waals surface area (Å²) >= 11 is 0. The quantitative estimate of drug-likeness (QED) is 0.683. The van der Waals surface area contributed by atoms with E-state index in [1.807, 2.05) is 51.2 Å². The molecule has 1 aromatic carbocycles. The maximum Gasteiger partial charge on any atom is 0.349 e. The topological polar surface area (TPSA) is 47.8 Å². The maximum atomic E-state index is 12.4. The van der Waals surface area contributed by atoms with Gasteiger partial charge >= 0.3 is 5.69 Å². The van der Waals surface area contributed by atoms with Crippen LogP contribution in [0.15, 0.2) is 41.2 Å². The summed E-state index contributed by atoms with van der Waals surface area (Å²) in [4.78, 5) is 21.3. The SMILES string of the molecule is Bc1cccc(-c2nc(=O)n(CC)c3nc(CC)ccc23)c1. The second-order valence-corrected chi connectivity index (χ2v) is 5.38. The minimum absolute atomic E-state index is 0.243. The van der Waals surface area contributed by atoms with E-state index in [1.165, 1.54) is 0 Å². The highest BCUT2D eigenvalue weighted by molar-refractivity contribution is 6.32. The fourth-order valence-electron chi connectivity index (χ4n) is 2.68. The number of aromatic nitrogens is 3. The number of hydrogen-bond acceptors (Lipinski definition) is 3. The molecular weight excluding hydrogens is 273 g/mol. The van der Waals surface area contributed by atoms with Crippen molar-refractivity contribution >= 4 is 24.3 Å². The van der Waals surface area contributed by atoms with Crippen molar-refractivity contribution in [3.63, 3.8) is 0 Å². The zero-order valence-electron chi connectivity index (χ0n) is 13.1. The van der Waals surface area contributed by atoms with Gasteiger partial charge in [-0.1, -0.05) is 36.7 Å². The predicted molar refractivity (Wildman–Crippen MR) is 92.5 cm³/mol. The van der Waals surface area contributed by atoms with Gasteiger partial charge in [0.25, 0.3) is 0 Å². The molecule has 4 nitrogen and oxygen atoms in total. The number of nitrogens with zero attached hydrogens (tertiary/aromatic N) is 3. The lowest BCUT2D eigenvalue weighted by Gasteiger charge is -2.11. The maximum absolute atomic E-state index is 12.4. The van der Waals surface area contributed by atoms with Gasteiger partial charge in [0.1, 0.15) is 13.5 Å². The Labute approximate surface area is 130 Å². The van der Waals surface area contributed by atoms with Gasteiger partial charge in [-0.2, -0.15) is 4.98 Å². The summed E-state index contributed by atoms with van der Waals surface area (Å²) < 4.78 is 1.63. The molecule has 3 aromatic rings. The smallest absolute Gasteiger partial charge is 0.276 e. The average molecular weight is 291 g/mol. The summed E-state index contributed by atoms with van der Waals surface area (Å²) in [6, 6.07) is 12.1. The van der Waals surface area contributed by atoms with E-state index in [-0.39, 0.29) is 5.69 Å². The first kappa shape index (κ1) is 14.5. The first-order valence-electron chi connectivity index (χ1n) is 7.61. The number of pyridine rings is 1. The molecule has 3 rings (SSSR count). The highest BCUT2D eigenvalue weighted by Gasteiger charge is 2.13. The molecule has 0 fully saturated rings. The third-order valence-electron chi connectivity index (χ3n) is 3.85. The standard InChI is InChI=1S/C17H18BN3O/c1-3-13-8-9-14-15(11-6-5-7-12(18)10-11)20-17(22)21(4-2)16(14)19-13/h5-10H,3-4,18H2,1-2H3. The Morgan fingerprint density at radius 3 is 2.64 bits per heavy atom. The van der Waals surface area contributed by atoms with Gasteiger partial charge < -0.3 is 0 Å². The van der Waals surface area contributed by atoms with E-state index in [1.54, 1.807) is 4.57 Å². The lowest BCUT2D eigenvalue weighted by atomic mass is 9.93. The molecule has 0 N–H and O–H groups in total. The molecule has 0 aliphatic heterocycles. The number of hydrogen-bond donors (Lipinski definition) is 0. The van der Waals surface area contributed by atoms with Gasteiger partial charge in [0.2, 0.25) is 0 Å². The van der Waals surface area contributed by atoms with Crippen molar-refractivity contribution in [2.45, 2.75) is 26.8 Å². The highest BCUT2D eigenvalue weighted by Crippen LogP contribution is 2.24. The van der Waals surface area contributed by atoms with Crippen molar-refractivity contribution in [3.8, 4) is 11.3 Å². The number of benzene rings is 1. The van der Waals surface area contributed by atoms with Crippen molar-refractivity contribution in [1.29, 1.82) is 0 Å². The zero-order chi connectivity index (χ0) is 15.7. The summed E-state index contributed by atoms with van der Waals surface area (Å²) in [6.45, 7) is 4.57. The first-order valence-corrected chi connectivity index (χ1v) is 7.61. The predicted octanol–water partition coefficient (Wildman–Crippen LogP) is 1.30. The summed E-state index contributed by atoms with van der Waals surface area (Å²) in [7, 11) is 2.03. The van der Waals surface area contributed by atoms with Crippen molar-refractivity contribution in [2.75, 3.05) is 0 Å². The van der Waals surface area contributed by atoms with Crippen LogP contribution < -0.4 is 11.2 Å². The van der Waals surface area contributed by atoms with Gasteiger partial charge in [0.05, 0.1) is 5.69 Å². The third-order valence-corrected chi connectivity index (χ3v) is 3.85. The molecule has 0 aliphatic carbocycles. The van der Waals surface area contributed by atoms with E-state index >= 15 is 0 Å². The normalized spacial score (nSPS) is 11.0. The number of rotatable bonds is 3. The van der Waals surface area contributed by atoms with Crippen LogP contribution in [0.3, 0.4) is 0 Å². The van der Waals surface area contributed by atoms with Gasteiger partial charge in [-0.15, -0.1) is 0 Å². The molecule has 0 unspecified atom stereocenters. The largest absolute Gasteiger partial charge is 0.349 e. The van der Waals surface area contributed by atoms with Crippen LogP contribution in [0.25, 0.3) is 22.3 Å². The molecule has 110 valence electrons. The van der Waals surface area contributed by atoms with E-state index in [0.29, 0.717) is 12.2 Å². The Morgan fingerprint density at radius 2 is 1.95 bits per heavy atom. The van der Waals surface area contributed by atoms with E-state index < -0.39 is 0 Å². The molecule has 5 heteroatoms. The third kappa shape index (κ3) is 2.43. The van der Waals surface area contributed by atoms with Crippen molar-refractivity contribution < 1.29 is 0 Å². The minimum Gasteiger partial charge on any atom is -0.276 e. The van der Waals surface area contributed by atoms with Crippen LogP contribution in [-0.2, 0) is 13.0 Å². The van der Waals surface area contributed by atoms with Gasteiger partial charge in [-0.3, -0.25) is 4.57 Å². The molecule has 0 aliphatic rings. The molecule has 0 saturated carbocycles. The summed E-state index contributed by atoms with van der Waals surface area (Å²) in [5.41, 5.74) is 4.27. The van der Waals surface area contributed by atoms with Crippen LogP contribution in [0.2, 0.25) is 0 Å². The lowest BCUT2D eigenvalue weighted by Crippen LogP contribution is -2.24. The van der Waals surface area contributed by atoms with E-state index in [0.717, 1.165) is 34.2 Å². The lowest BCUT2D eigenvalue weighted by molar-refractivity contribution is 0.721. The molecule has 0 bridgehead atoms. The molecule has 0 spiro atoms. The minimum atomic E-state index is -0.243. The molecular formula is C17H18BN3O. The molecule has 0 amide bonds. The van der Waals surface area contributed by atoms with Crippen LogP contribution >= 0.6 is 0 Å². The Hall–Kier alpha value is -2.43. The Balaban J connectivity index is 2.39. The monoisotopic (exact) mass is 291 g/mol. The molecule has 0 radical (unpaired) electrons. The van der Waals surface area contributed by atoms with E-state index in [9.17, 15) is 4.79 Å². The average Bonchev–Trinajstić information content (AvgIpc) is 2.53. The zero-order valence-corrected chi connectivity index (χ0v) is 13.1. The van der Waals surface area contributed by atoms with Crippen molar-refractivity contribution in [2.24, 2.45) is 0 Å². The second kappa shape index (κ2) is 5.75.